The van der Waals surface area contributed by atoms with Crippen LogP contribution in [0, 0.1) is 6.92 Å². The van der Waals surface area contributed by atoms with Crippen LogP contribution in [0.15, 0.2) is 11.5 Å². The average molecular weight is 270 g/mol. The van der Waals surface area contributed by atoms with Crippen molar-refractivity contribution in [2.24, 2.45) is 0 Å². The van der Waals surface area contributed by atoms with E-state index in [1.165, 1.54) is 17.4 Å². The van der Waals surface area contributed by atoms with Gasteiger partial charge in [0.25, 0.3) is 0 Å². The SMILES string of the molecule is Cc1nc(C=CC(=O)NCCOCC(=O)O)cs1. The van der Waals surface area contributed by atoms with Gasteiger partial charge in [-0.25, -0.2) is 9.78 Å². The van der Waals surface area contributed by atoms with Crippen LogP contribution in [0.2, 0.25) is 0 Å². The summed E-state index contributed by atoms with van der Waals surface area (Å²) < 4.78 is 4.76. The average Bonchev–Trinajstić information content (AvgIpc) is 2.71. The van der Waals surface area contributed by atoms with Gasteiger partial charge in [0.2, 0.25) is 5.91 Å². The molecule has 0 unspecified atom stereocenters. The molecule has 1 heterocycles. The van der Waals surface area contributed by atoms with Crippen molar-refractivity contribution in [2.45, 2.75) is 6.92 Å². The van der Waals surface area contributed by atoms with Gasteiger partial charge < -0.3 is 15.2 Å². The number of carboxylic acids is 1. The molecule has 0 saturated heterocycles. The zero-order chi connectivity index (χ0) is 13.4. The van der Waals surface area contributed by atoms with Crippen molar-refractivity contribution in [3.63, 3.8) is 0 Å². The van der Waals surface area contributed by atoms with Crippen molar-refractivity contribution in [2.75, 3.05) is 19.8 Å². The highest BCUT2D eigenvalue weighted by atomic mass is 32.1. The molecular formula is C11H14N2O4S. The highest BCUT2D eigenvalue weighted by molar-refractivity contribution is 7.09. The molecule has 0 aromatic carbocycles. The predicted octanol–water partition coefficient (Wildman–Crippen LogP) is 0.682. The van der Waals surface area contributed by atoms with E-state index in [0.29, 0.717) is 0 Å². The van der Waals surface area contributed by atoms with E-state index in [0.717, 1.165) is 10.7 Å². The molecule has 0 aliphatic carbocycles. The van der Waals surface area contributed by atoms with E-state index in [2.05, 4.69) is 10.3 Å². The molecule has 0 aliphatic heterocycles. The molecule has 1 aromatic rings. The number of carbonyl (C=O) groups is 2. The minimum atomic E-state index is -1.03. The molecule has 6 nitrogen and oxygen atoms in total. The molecule has 0 radical (unpaired) electrons. The Balaban J connectivity index is 2.17. The Kier molecular flexibility index (Phi) is 6.03. The van der Waals surface area contributed by atoms with E-state index >= 15 is 0 Å². The van der Waals surface area contributed by atoms with Crippen LogP contribution in [-0.4, -0.2) is 41.7 Å². The summed E-state index contributed by atoms with van der Waals surface area (Å²) in [6, 6.07) is 0. The molecular weight excluding hydrogens is 256 g/mol. The predicted molar refractivity (Wildman–Crippen MR) is 67.3 cm³/mol. The lowest BCUT2D eigenvalue weighted by atomic mass is 10.4. The normalized spacial score (nSPS) is 10.7. The summed E-state index contributed by atoms with van der Waals surface area (Å²) in [5, 5.41) is 13.7. The zero-order valence-corrected chi connectivity index (χ0v) is 10.7. The third kappa shape index (κ3) is 6.12. The third-order valence-corrected chi connectivity index (χ3v) is 2.61. The topological polar surface area (TPSA) is 88.5 Å². The van der Waals surface area contributed by atoms with Gasteiger partial charge in [0, 0.05) is 18.0 Å². The maximum atomic E-state index is 11.3. The summed E-state index contributed by atoms with van der Waals surface area (Å²) in [6.07, 6.45) is 3.00. The molecule has 0 fully saturated rings. The van der Waals surface area contributed by atoms with Gasteiger partial charge in [-0.05, 0) is 13.0 Å². The van der Waals surface area contributed by atoms with E-state index in [1.807, 2.05) is 12.3 Å². The summed E-state index contributed by atoms with van der Waals surface area (Å²) in [5.41, 5.74) is 0.745. The molecule has 1 amide bonds. The minimum absolute atomic E-state index is 0.168. The fourth-order valence-electron chi connectivity index (χ4n) is 1.08. The number of aryl methyl sites for hydroxylation is 1. The molecule has 2 N–H and O–H groups in total. The summed E-state index contributed by atoms with van der Waals surface area (Å²) in [6.45, 7) is 1.97. The molecule has 18 heavy (non-hydrogen) atoms. The Morgan fingerprint density at radius 2 is 2.39 bits per heavy atom. The van der Waals surface area contributed by atoms with Crippen LogP contribution < -0.4 is 5.32 Å². The Bertz CT molecular complexity index is 442. The molecule has 7 heteroatoms. The molecule has 0 bridgehead atoms. The first-order valence-electron chi connectivity index (χ1n) is 5.25. The molecule has 0 atom stereocenters. The summed E-state index contributed by atoms with van der Waals surface area (Å²) in [5.74, 6) is -1.29. The third-order valence-electron chi connectivity index (χ3n) is 1.81. The number of ether oxygens (including phenoxy) is 1. The lowest BCUT2D eigenvalue weighted by Crippen LogP contribution is -2.26. The number of aromatic nitrogens is 1. The fourth-order valence-corrected chi connectivity index (χ4v) is 1.66. The smallest absolute Gasteiger partial charge is 0.329 e. The molecule has 0 spiro atoms. The van der Waals surface area contributed by atoms with E-state index in [4.69, 9.17) is 9.84 Å². The Morgan fingerprint density at radius 3 is 3.00 bits per heavy atom. The Labute approximate surface area is 108 Å². The molecule has 0 aliphatic rings. The highest BCUT2D eigenvalue weighted by Gasteiger charge is 1.98. The van der Waals surface area contributed by atoms with Crippen LogP contribution in [-0.2, 0) is 14.3 Å². The zero-order valence-electron chi connectivity index (χ0n) is 9.88. The first kappa shape index (κ1) is 14.3. The van der Waals surface area contributed by atoms with Crippen LogP contribution in [0.25, 0.3) is 6.08 Å². The van der Waals surface area contributed by atoms with Gasteiger partial charge in [0.05, 0.1) is 17.3 Å². The quantitative estimate of drug-likeness (QED) is 0.562. The van der Waals surface area contributed by atoms with Gasteiger partial charge in [-0.1, -0.05) is 0 Å². The number of carbonyl (C=O) groups excluding carboxylic acids is 1. The number of hydrogen-bond acceptors (Lipinski definition) is 5. The van der Waals surface area contributed by atoms with Gasteiger partial charge in [-0.15, -0.1) is 11.3 Å². The van der Waals surface area contributed by atoms with Crippen molar-refractivity contribution in [3.8, 4) is 0 Å². The van der Waals surface area contributed by atoms with Crippen molar-refractivity contribution >= 4 is 29.3 Å². The second kappa shape index (κ2) is 7.57. The van der Waals surface area contributed by atoms with Gasteiger partial charge in [-0.2, -0.15) is 0 Å². The number of rotatable bonds is 7. The fraction of sp³-hybridized carbons (Fsp3) is 0.364. The molecule has 0 saturated carbocycles. The maximum absolute atomic E-state index is 11.3. The number of amides is 1. The van der Waals surface area contributed by atoms with E-state index < -0.39 is 5.97 Å². The number of nitrogens with one attached hydrogen (secondary N) is 1. The monoisotopic (exact) mass is 270 g/mol. The standard InChI is InChI=1S/C11H14N2O4S/c1-8-13-9(7-18-8)2-3-10(14)12-4-5-17-6-11(15)16/h2-3,7H,4-6H2,1H3,(H,12,14)(H,15,16). The van der Waals surface area contributed by atoms with E-state index in [9.17, 15) is 9.59 Å². The second-order valence-electron chi connectivity index (χ2n) is 3.36. The van der Waals surface area contributed by atoms with Crippen molar-refractivity contribution in [1.82, 2.24) is 10.3 Å². The number of nitrogens with zero attached hydrogens (tertiary/aromatic N) is 1. The van der Waals surface area contributed by atoms with E-state index in [-0.39, 0.29) is 25.7 Å². The van der Waals surface area contributed by atoms with Crippen molar-refractivity contribution < 1.29 is 19.4 Å². The van der Waals surface area contributed by atoms with Gasteiger partial charge in [-0.3, -0.25) is 4.79 Å². The van der Waals surface area contributed by atoms with Crippen molar-refractivity contribution in [3.05, 3.63) is 22.2 Å². The highest BCUT2D eigenvalue weighted by Crippen LogP contribution is 2.08. The lowest BCUT2D eigenvalue weighted by molar-refractivity contribution is -0.142. The Morgan fingerprint density at radius 1 is 1.61 bits per heavy atom. The van der Waals surface area contributed by atoms with Gasteiger partial charge >= 0.3 is 5.97 Å². The van der Waals surface area contributed by atoms with Gasteiger partial charge in [0.15, 0.2) is 0 Å². The van der Waals surface area contributed by atoms with Crippen LogP contribution in [0.1, 0.15) is 10.7 Å². The second-order valence-corrected chi connectivity index (χ2v) is 4.42. The van der Waals surface area contributed by atoms with Crippen LogP contribution in [0.5, 0.6) is 0 Å². The van der Waals surface area contributed by atoms with Crippen LogP contribution in [0.4, 0.5) is 0 Å². The summed E-state index contributed by atoms with van der Waals surface area (Å²) >= 11 is 1.51. The van der Waals surface area contributed by atoms with Crippen LogP contribution in [0.3, 0.4) is 0 Å². The number of aliphatic carboxylic acids is 1. The lowest BCUT2D eigenvalue weighted by Gasteiger charge is -2.01. The summed E-state index contributed by atoms with van der Waals surface area (Å²) in [4.78, 5) is 25.6. The van der Waals surface area contributed by atoms with Crippen molar-refractivity contribution in [1.29, 1.82) is 0 Å². The first-order chi connectivity index (χ1) is 8.58. The number of carboxylic acid groups (broad SMARTS) is 1. The van der Waals surface area contributed by atoms with Gasteiger partial charge in [0.1, 0.15) is 6.61 Å². The summed E-state index contributed by atoms with van der Waals surface area (Å²) in [7, 11) is 0. The number of thiazole rings is 1. The largest absolute Gasteiger partial charge is 0.480 e. The minimum Gasteiger partial charge on any atom is -0.480 e. The molecule has 98 valence electrons. The Hall–Kier alpha value is -1.73. The van der Waals surface area contributed by atoms with Crippen LogP contribution >= 0.6 is 11.3 Å². The molecule has 1 aromatic heterocycles. The first-order valence-corrected chi connectivity index (χ1v) is 6.13. The number of hydrogen-bond donors (Lipinski definition) is 2. The molecule has 1 rings (SSSR count). The van der Waals surface area contributed by atoms with E-state index in [1.54, 1.807) is 6.08 Å². The maximum Gasteiger partial charge on any atom is 0.329 e.